The second-order valence-corrected chi connectivity index (χ2v) is 4.80. The molecule has 1 aliphatic heterocycles. The number of aldehydes is 1. The third-order valence-corrected chi connectivity index (χ3v) is 3.68. The number of rotatable bonds is 2. The molecule has 0 aromatic carbocycles. The highest BCUT2D eigenvalue weighted by molar-refractivity contribution is 7.13. The lowest BCUT2D eigenvalue weighted by Gasteiger charge is -2.27. The van der Waals surface area contributed by atoms with Gasteiger partial charge in [0.15, 0.2) is 6.29 Å². The molecule has 0 radical (unpaired) electrons. The molecule has 2 unspecified atom stereocenters. The lowest BCUT2D eigenvalue weighted by molar-refractivity contribution is 0.112. The Morgan fingerprint density at radius 3 is 3.07 bits per heavy atom. The molecule has 4 heteroatoms. The number of hydrogen-bond acceptors (Lipinski definition) is 4. The zero-order valence-corrected chi connectivity index (χ0v) is 8.72. The molecule has 2 atom stereocenters. The maximum atomic E-state index is 10.5. The van der Waals surface area contributed by atoms with Crippen molar-refractivity contribution in [2.45, 2.75) is 24.9 Å². The number of hydrogen-bond donors (Lipinski definition) is 2. The van der Waals surface area contributed by atoms with Gasteiger partial charge in [0, 0.05) is 17.0 Å². The number of nitrogens with one attached hydrogen (secondary N) is 1. The number of carbonyl (C=O) groups is 1. The van der Waals surface area contributed by atoms with Crippen molar-refractivity contribution in [3.05, 3.63) is 21.9 Å². The molecular formula is C10H14N2OS. The Balaban J connectivity index is 2.09. The standard InChI is InChI=1S/C10H14N2OS/c11-7-3-4-12-9(5-7)10-2-1-8(6-13)14-10/h1-2,6-7,9,12H,3-5,11H2. The second kappa shape index (κ2) is 4.21. The minimum absolute atomic E-state index is 0.294. The summed E-state index contributed by atoms with van der Waals surface area (Å²) >= 11 is 1.56. The van der Waals surface area contributed by atoms with Gasteiger partial charge in [-0.2, -0.15) is 0 Å². The molecule has 3 nitrogen and oxygen atoms in total. The van der Waals surface area contributed by atoms with Gasteiger partial charge in [0.2, 0.25) is 0 Å². The molecule has 0 amide bonds. The Bertz CT molecular complexity index is 324. The Morgan fingerprint density at radius 1 is 1.57 bits per heavy atom. The molecule has 1 aromatic rings. The SMILES string of the molecule is NC1CCNC(c2ccc(C=O)s2)C1. The van der Waals surface area contributed by atoms with Crippen LogP contribution in [0.5, 0.6) is 0 Å². The molecule has 2 rings (SSSR count). The van der Waals surface area contributed by atoms with Gasteiger partial charge < -0.3 is 11.1 Å². The Kier molecular flexibility index (Phi) is 2.96. The summed E-state index contributed by atoms with van der Waals surface area (Å²) in [5, 5.41) is 3.42. The van der Waals surface area contributed by atoms with Crippen LogP contribution < -0.4 is 11.1 Å². The van der Waals surface area contributed by atoms with Crippen LogP contribution in [0.25, 0.3) is 0 Å². The first-order valence-corrected chi connectivity index (χ1v) is 5.65. The van der Waals surface area contributed by atoms with Crippen LogP contribution in [0.1, 0.15) is 33.4 Å². The van der Waals surface area contributed by atoms with Gasteiger partial charge in [0.1, 0.15) is 0 Å². The van der Waals surface area contributed by atoms with Gasteiger partial charge in [-0.3, -0.25) is 4.79 Å². The first kappa shape index (κ1) is 9.83. The van der Waals surface area contributed by atoms with Crippen LogP contribution in [0.2, 0.25) is 0 Å². The van der Waals surface area contributed by atoms with Crippen molar-refractivity contribution < 1.29 is 4.79 Å². The van der Waals surface area contributed by atoms with E-state index in [1.54, 1.807) is 11.3 Å². The number of piperidine rings is 1. The zero-order valence-electron chi connectivity index (χ0n) is 7.90. The first-order chi connectivity index (χ1) is 6.79. The van der Waals surface area contributed by atoms with Gasteiger partial charge in [-0.1, -0.05) is 0 Å². The van der Waals surface area contributed by atoms with Crippen LogP contribution >= 0.6 is 11.3 Å². The van der Waals surface area contributed by atoms with Crippen molar-refractivity contribution >= 4 is 17.6 Å². The van der Waals surface area contributed by atoms with Gasteiger partial charge in [-0.15, -0.1) is 11.3 Å². The summed E-state index contributed by atoms with van der Waals surface area (Å²) in [4.78, 5) is 12.5. The van der Waals surface area contributed by atoms with Gasteiger partial charge in [-0.05, 0) is 31.5 Å². The second-order valence-electron chi connectivity index (χ2n) is 3.65. The predicted octanol–water partition coefficient (Wildman–Crippen LogP) is 1.31. The van der Waals surface area contributed by atoms with Crippen molar-refractivity contribution in [2.24, 2.45) is 5.73 Å². The number of carbonyl (C=O) groups excluding carboxylic acids is 1. The van der Waals surface area contributed by atoms with Crippen LogP contribution in [-0.4, -0.2) is 18.9 Å². The molecule has 3 N–H and O–H groups in total. The van der Waals surface area contributed by atoms with E-state index in [0.717, 1.165) is 30.5 Å². The minimum Gasteiger partial charge on any atom is -0.328 e. The topological polar surface area (TPSA) is 55.1 Å². The molecule has 1 saturated heterocycles. The third kappa shape index (κ3) is 2.03. The monoisotopic (exact) mass is 210 g/mol. The molecule has 1 fully saturated rings. The highest BCUT2D eigenvalue weighted by Gasteiger charge is 2.21. The van der Waals surface area contributed by atoms with Gasteiger partial charge in [0.05, 0.1) is 4.88 Å². The average molecular weight is 210 g/mol. The smallest absolute Gasteiger partial charge is 0.160 e. The van der Waals surface area contributed by atoms with E-state index < -0.39 is 0 Å². The van der Waals surface area contributed by atoms with Crippen molar-refractivity contribution in [2.75, 3.05) is 6.54 Å². The van der Waals surface area contributed by atoms with Gasteiger partial charge in [0.25, 0.3) is 0 Å². The van der Waals surface area contributed by atoms with E-state index >= 15 is 0 Å². The van der Waals surface area contributed by atoms with Crippen LogP contribution in [0.3, 0.4) is 0 Å². The summed E-state index contributed by atoms with van der Waals surface area (Å²) in [7, 11) is 0. The zero-order chi connectivity index (χ0) is 9.97. The predicted molar refractivity (Wildman–Crippen MR) is 57.7 cm³/mol. The molecule has 1 aliphatic rings. The molecular weight excluding hydrogens is 196 g/mol. The summed E-state index contributed by atoms with van der Waals surface area (Å²) in [6.07, 6.45) is 2.91. The van der Waals surface area contributed by atoms with Crippen LogP contribution in [0.4, 0.5) is 0 Å². The summed E-state index contributed by atoms with van der Waals surface area (Å²) in [6, 6.07) is 4.53. The molecule has 76 valence electrons. The largest absolute Gasteiger partial charge is 0.328 e. The van der Waals surface area contributed by atoms with E-state index in [1.807, 2.05) is 12.1 Å². The maximum absolute atomic E-state index is 10.5. The summed E-state index contributed by atoms with van der Waals surface area (Å²) < 4.78 is 0. The van der Waals surface area contributed by atoms with Crippen molar-refractivity contribution in [1.29, 1.82) is 0 Å². The number of nitrogens with two attached hydrogens (primary N) is 1. The molecule has 0 spiro atoms. The van der Waals surface area contributed by atoms with Gasteiger partial charge in [-0.25, -0.2) is 0 Å². The maximum Gasteiger partial charge on any atom is 0.160 e. The van der Waals surface area contributed by atoms with E-state index in [2.05, 4.69) is 5.32 Å². The number of thiophene rings is 1. The van der Waals surface area contributed by atoms with Crippen molar-refractivity contribution in [3.63, 3.8) is 0 Å². The summed E-state index contributed by atoms with van der Waals surface area (Å²) in [5.74, 6) is 0. The fourth-order valence-electron chi connectivity index (χ4n) is 1.78. The van der Waals surface area contributed by atoms with Crippen LogP contribution in [-0.2, 0) is 0 Å². The summed E-state index contributed by atoms with van der Waals surface area (Å²) in [6.45, 7) is 0.972. The highest BCUT2D eigenvalue weighted by Crippen LogP contribution is 2.27. The van der Waals surface area contributed by atoms with Crippen molar-refractivity contribution in [1.82, 2.24) is 5.32 Å². The molecule has 14 heavy (non-hydrogen) atoms. The minimum atomic E-state index is 0.294. The normalized spacial score (nSPS) is 27.5. The Labute approximate surface area is 87.3 Å². The van der Waals surface area contributed by atoms with Gasteiger partial charge >= 0.3 is 0 Å². The van der Waals surface area contributed by atoms with Crippen LogP contribution in [0.15, 0.2) is 12.1 Å². The fraction of sp³-hybridized carbons (Fsp3) is 0.500. The van der Waals surface area contributed by atoms with E-state index in [9.17, 15) is 4.79 Å². The van der Waals surface area contributed by atoms with Crippen molar-refractivity contribution in [3.8, 4) is 0 Å². The fourth-order valence-corrected chi connectivity index (χ4v) is 2.70. The molecule has 0 saturated carbocycles. The first-order valence-electron chi connectivity index (χ1n) is 4.83. The Morgan fingerprint density at radius 2 is 2.43 bits per heavy atom. The summed E-state index contributed by atoms with van der Waals surface area (Å²) in [5.41, 5.74) is 5.90. The highest BCUT2D eigenvalue weighted by atomic mass is 32.1. The van der Waals surface area contributed by atoms with E-state index in [0.29, 0.717) is 12.1 Å². The lowest BCUT2D eigenvalue weighted by atomic mass is 9.99. The third-order valence-electron chi connectivity index (χ3n) is 2.55. The van der Waals surface area contributed by atoms with Crippen LogP contribution in [0, 0.1) is 0 Å². The van der Waals surface area contributed by atoms with E-state index in [4.69, 9.17) is 5.73 Å². The van der Waals surface area contributed by atoms with E-state index in [1.165, 1.54) is 4.88 Å². The molecule has 0 aliphatic carbocycles. The molecule has 2 heterocycles. The lowest BCUT2D eigenvalue weighted by Crippen LogP contribution is -2.38. The molecule has 1 aromatic heterocycles. The Hall–Kier alpha value is -0.710. The quantitative estimate of drug-likeness (QED) is 0.724. The van der Waals surface area contributed by atoms with E-state index in [-0.39, 0.29) is 0 Å². The molecule has 0 bridgehead atoms. The average Bonchev–Trinajstić information content (AvgIpc) is 2.66.